The molecule has 3 nitrogen and oxygen atoms in total. The minimum Gasteiger partial charge on any atom is -0.354 e. The Bertz CT molecular complexity index is 724. The Morgan fingerprint density at radius 1 is 1.21 bits per heavy atom. The highest BCUT2D eigenvalue weighted by atomic mass is 32.1. The molecule has 1 aliphatic carbocycles. The SMILES string of the molecule is O=C(NCCN1CCc2sccc2C1)C1CCCc2ccccc21. The van der Waals surface area contributed by atoms with E-state index in [1.165, 1.54) is 21.6 Å². The van der Waals surface area contributed by atoms with E-state index in [-0.39, 0.29) is 11.8 Å². The molecule has 24 heavy (non-hydrogen) atoms. The predicted molar refractivity (Wildman–Crippen MR) is 98.4 cm³/mol. The number of nitrogens with one attached hydrogen (secondary N) is 1. The number of carbonyl (C=O) groups excluding carboxylic acids is 1. The molecule has 0 saturated heterocycles. The number of amides is 1. The lowest BCUT2D eigenvalue weighted by molar-refractivity contribution is -0.122. The molecule has 1 aromatic carbocycles. The third-order valence-corrected chi connectivity index (χ3v) is 6.32. The van der Waals surface area contributed by atoms with Crippen molar-refractivity contribution in [2.24, 2.45) is 0 Å². The van der Waals surface area contributed by atoms with Crippen LogP contribution in [0.25, 0.3) is 0 Å². The first-order chi connectivity index (χ1) is 11.8. The van der Waals surface area contributed by atoms with Crippen molar-refractivity contribution in [2.75, 3.05) is 19.6 Å². The molecule has 1 amide bonds. The average Bonchev–Trinajstić information content (AvgIpc) is 3.09. The molecule has 4 heteroatoms. The Balaban J connectivity index is 1.30. The molecule has 0 radical (unpaired) electrons. The molecular weight excluding hydrogens is 316 g/mol. The number of carbonyl (C=O) groups is 1. The minimum absolute atomic E-state index is 0.0415. The van der Waals surface area contributed by atoms with Crippen molar-refractivity contribution in [2.45, 2.75) is 38.1 Å². The lowest BCUT2D eigenvalue weighted by atomic mass is 9.82. The van der Waals surface area contributed by atoms with Gasteiger partial charge in [-0.1, -0.05) is 24.3 Å². The van der Waals surface area contributed by atoms with Gasteiger partial charge < -0.3 is 5.32 Å². The van der Waals surface area contributed by atoms with Gasteiger partial charge in [0.25, 0.3) is 0 Å². The zero-order chi connectivity index (χ0) is 16.4. The summed E-state index contributed by atoms with van der Waals surface area (Å²) >= 11 is 1.87. The molecule has 0 bridgehead atoms. The van der Waals surface area contributed by atoms with Gasteiger partial charge >= 0.3 is 0 Å². The van der Waals surface area contributed by atoms with Crippen molar-refractivity contribution in [3.8, 4) is 0 Å². The standard InChI is InChI=1S/C20H24N2OS/c23-20(18-7-3-5-15-4-1-2-6-17(15)18)21-10-12-22-11-8-19-16(14-22)9-13-24-19/h1-2,4,6,9,13,18H,3,5,7-8,10-12,14H2,(H,21,23). The van der Waals surface area contributed by atoms with E-state index in [1.54, 1.807) is 0 Å². The number of hydrogen-bond acceptors (Lipinski definition) is 3. The monoisotopic (exact) mass is 340 g/mol. The molecule has 2 aliphatic rings. The molecule has 2 aromatic rings. The van der Waals surface area contributed by atoms with Gasteiger partial charge in [0.15, 0.2) is 0 Å². The summed E-state index contributed by atoms with van der Waals surface area (Å²) in [4.78, 5) is 16.6. The van der Waals surface area contributed by atoms with E-state index < -0.39 is 0 Å². The Kier molecular flexibility index (Phi) is 4.67. The first kappa shape index (κ1) is 15.9. The zero-order valence-corrected chi connectivity index (χ0v) is 14.8. The fraction of sp³-hybridized carbons (Fsp3) is 0.450. The van der Waals surface area contributed by atoms with Crippen LogP contribution in [0.2, 0.25) is 0 Å². The van der Waals surface area contributed by atoms with Gasteiger partial charge in [0.2, 0.25) is 5.91 Å². The minimum atomic E-state index is 0.0415. The summed E-state index contributed by atoms with van der Waals surface area (Å²) in [5.41, 5.74) is 4.06. The Labute approximate surface area is 147 Å². The van der Waals surface area contributed by atoms with Gasteiger partial charge in [0, 0.05) is 31.1 Å². The topological polar surface area (TPSA) is 32.3 Å². The summed E-state index contributed by atoms with van der Waals surface area (Å²) in [6, 6.07) is 10.7. The summed E-state index contributed by atoms with van der Waals surface area (Å²) in [7, 11) is 0. The molecule has 1 aromatic heterocycles. The normalized spacial score (nSPS) is 20.2. The van der Waals surface area contributed by atoms with Crippen molar-refractivity contribution in [1.29, 1.82) is 0 Å². The van der Waals surface area contributed by atoms with Crippen LogP contribution in [0.1, 0.15) is 40.3 Å². The molecule has 1 unspecified atom stereocenters. The summed E-state index contributed by atoms with van der Waals surface area (Å²) in [6.45, 7) is 3.82. The smallest absolute Gasteiger partial charge is 0.227 e. The van der Waals surface area contributed by atoms with Gasteiger partial charge in [-0.15, -0.1) is 11.3 Å². The van der Waals surface area contributed by atoms with Crippen molar-refractivity contribution in [3.63, 3.8) is 0 Å². The van der Waals surface area contributed by atoms with Gasteiger partial charge in [0.1, 0.15) is 0 Å². The van der Waals surface area contributed by atoms with E-state index >= 15 is 0 Å². The van der Waals surface area contributed by atoms with Crippen molar-refractivity contribution in [3.05, 3.63) is 57.3 Å². The number of aryl methyl sites for hydroxylation is 1. The Morgan fingerprint density at radius 3 is 3.08 bits per heavy atom. The second kappa shape index (κ2) is 7.08. The fourth-order valence-electron chi connectivity index (χ4n) is 3.98. The Hall–Kier alpha value is -1.65. The maximum absolute atomic E-state index is 12.6. The van der Waals surface area contributed by atoms with E-state index in [0.717, 1.165) is 51.9 Å². The quantitative estimate of drug-likeness (QED) is 0.926. The number of nitrogens with zero attached hydrogens (tertiary/aromatic N) is 1. The van der Waals surface area contributed by atoms with Crippen LogP contribution in [0.4, 0.5) is 0 Å². The maximum Gasteiger partial charge on any atom is 0.227 e. The lowest BCUT2D eigenvalue weighted by Crippen LogP contribution is -2.39. The number of benzene rings is 1. The first-order valence-electron chi connectivity index (χ1n) is 8.94. The largest absolute Gasteiger partial charge is 0.354 e. The molecule has 0 fully saturated rings. The van der Waals surface area contributed by atoms with Crippen LogP contribution >= 0.6 is 11.3 Å². The van der Waals surface area contributed by atoms with Crippen molar-refractivity contribution < 1.29 is 4.79 Å². The molecule has 0 spiro atoms. The number of thiophene rings is 1. The van der Waals surface area contributed by atoms with E-state index in [2.05, 4.69) is 45.9 Å². The van der Waals surface area contributed by atoms with Crippen molar-refractivity contribution in [1.82, 2.24) is 10.2 Å². The lowest BCUT2D eigenvalue weighted by Gasteiger charge is -2.28. The van der Waals surface area contributed by atoms with Gasteiger partial charge in [-0.25, -0.2) is 0 Å². The summed E-state index contributed by atoms with van der Waals surface area (Å²) in [5.74, 6) is 0.246. The van der Waals surface area contributed by atoms with Crippen LogP contribution in [0.3, 0.4) is 0 Å². The summed E-state index contributed by atoms with van der Waals surface area (Å²) in [5, 5.41) is 5.37. The van der Waals surface area contributed by atoms with Gasteiger partial charge in [-0.2, -0.15) is 0 Å². The molecule has 1 N–H and O–H groups in total. The highest BCUT2D eigenvalue weighted by Crippen LogP contribution is 2.31. The van der Waals surface area contributed by atoms with E-state index in [0.29, 0.717) is 0 Å². The van der Waals surface area contributed by atoms with Crippen LogP contribution in [0.5, 0.6) is 0 Å². The number of hydrogen-bond donors (Lipinski definition) is 1. The highest BCUT2D eigenvalue weighted by Gasteiger charge is 2.26. The molecule has 126 valence electrons. The van der Waals surface area contributed by atoms with Gasteiger partial charge in [-0.3, -0.25) is 9.69 Å². The van der Waals surface area contributed by atoms with Crippen LogP contribution in [0, 0.1) is 0 Å². The number of fused-ring (bicyclic) bond motifs is 2. The molecule has 4 rings (SSSR count). The zero-order valence-electron chi connectivity index (χ0n) is 14.0. The maximum atomic E-state index is 12.6. The molecule has 2 heterocycles. The average molecular weight is 340 g/mol. The number of rotatable bonds is 4. The van der Waals surface area contributed by atoms with Crippen LogP contribution < -0.4 is 5.32 Å². The predicted octanol–water partition coefficient (Wildman–Crippen LogP) is 3.34. The second-order valence-corrected chi connectivity index (χ2v) is 7.83. The van der Waals surface area contributed by atoms with Crippen molar-refractivity contribution >= 4 is 17.2 Å². The first-order valence-corrected chi connectivity index (χ1v) is 9.82. The van der Waals surface area contributed by atoms with E-state index in [9.17, 15) is 4.79 Å². The highest BCUT2D eigenvalue weighted by molar-refractivity contribution is 7.10. The van der Waals surface area contributed by atoms with Crippen LogP contribution in [-0.2, 0) is 24.2 Å². The summed E-state index contributed by atoms with van der Waals surface area (Å²) < 4.78 is 0. The Morgan fingerprint density at radius 2 is 2.12 bits per heavy atom. The molecule has 0 saturated carbocycles. The van der Waals surface area contributed by atoms with Crippen LogP contribution in [-0.4, -0.2) is 30.4 Å². The van der Waals surface area contributed by atoms with Crippen LogP contribution in [0.15, 0.2) is 35.7 Å². The van der Waals surface area contributed by atoms with E-state index in [1.807, 2.05) is 11.3 Å². The van der Waals surface area contributed by atoms with Gasteiger partial charge in [-0.05, 0) is 53.8 Å². The van der Waals surface area contributed by atoms with Gasteiger partial charge in [0.05, 0.1) is 5.92 Å². The fourth-order valence-corrected chi connectivity index (χ4v) is 4.87. The molecule has 1 atom stereocenters. The second-order valence-electron chi connectivity index (χ2n) is 6.83. The third-order valence-electron chi connectivity index (χ3n) is 5.30. The molecular formula is C20H24N2OS. The summed E-state index contributed by atoms with van der Waals surface area (Å²) in [6.07, 6.45) is 4.35. The molecule has 1 aliphatic heterocycles. The third kappa shape index (κ3) is 3.26. The van der Waals surface area contributed by atoms with E-state index in [4.69, 9.17) is 0 Å².